The van der Waals surface area contributed by atoms with Gasteiger partial charge in [-0.3, -0.25) is 4.79 Å². The van der Waals surface area contributed by atoms with E-state index in [9.17, 15) is 9.90 Å². The van der Waals surface area contributed by atoms with E-state index in [0.717, 1.165) is 24.9 Å². The largest absolute Gasteiger partial charge is 0.497 e. The molecule has 2 fully saturated rings. The van der Waals surface area contributed by atoms with Crippen molar-refractivity contribution in [3.05, 3.63) is 18.2 Å². The molecule has 132 valence electrons. The Kier molecular flexibility index (Phi) is 4.85. The summed E-state index contributed by atoms with van der Waals surface area (Å²) in [7, 11) is 3.21. The fourth-order valence-corrected chi connectivity index (χ4v) is 4.02. The molecule has 0 aliphatic heterocycles. The normalized spacial score (nSPS) is 27.8. The number of aliphatic hydroxyl groups is 1. The van der Waals surface area contributed by atoms with Crippen LogP contribution in [0.15, 0.2) is 18.2 Å². The van der Waals surface area contributed by atoms with Crippen LogP contribution in [0.1, 0.15) is 25.7 Å². The zero-order valence-electron chi connectivity index (χ0n) is 14.3. The number of fused-ring (bicyclic) bond motifs is 2. The third-order valence-electron chi connectivity index (χ3n) is 5.30. The fraction of sp³-hybridized carbons (Fsp3) is 0.611. The van der Waals surface area contributed by atoms with Crippen molar-refractivity contribution in [3.8, 4) is 11.5 Å². The highest BCUT2D eigenvalue weighted by Crippen LogP contribution is 2.50. The summed E-state index contributed by atoms with van der Waals surface area (Å²) < 4.78 is 10.5. The summed E-state index contributed by atoms with van der Waals surface area (Å²) in [6.07, 6.45) is 3.73. The minimum Gasteiger partial charge on any atom is -0.497 e. The number of hydrogen-bond acceptors (Lipinski definition) is 5. The van der Waals surface area contributed by atoms with Gasteiger partial charge in [0.2, 0.25) is 0 Å². The van der Waals surface area contributed by atoms with Gasteiger partial charge in [-0.2, -0.15) is 0 Å². The first-order valence-electron chi connectivity index (χ1n) is 8.53. The third-order valence-corrected chi connectivity index (χ3v) is 5.30. The maximum Gasteiger partial charge on any atom is 0.252 e. The van der Waals surface area contributed by atoms with Crippen molar-refractivity contribution in [1.82, 2.24) is 5.32 Å². The maximum absolute atomic E-state index is 12.3. The Hall–Kier alpha value is -1.95. The molecule has 1 aromatic carbocycles. The Bertz CT molecular complexity index is 584. The van der Waals surface area contributed by atoms with Gasteiger partial charge >= 0.3 is 0 Å². The van der Waals surface area contributed by atoms with E-state index in [0.29, 0.717) is 36.9 Å². The maximum atomic E-state index is 12.3. The monoisotopic (exact) mass is 334 g/mol. The standard InChI is InChI=1S/C18H26N2O4/c1-23-15-8-14(9-16(10-15)24-2)19-5-6-20-17(21)18(22)11-12-3-4-13(18)7-12/h8-10,12-13,19,22H,3-7,11H2,1-2H3,(H,20,21). The molecule has 2 bridgehead atoms. The van der Waals surface area contributed by atoms with Crippen LogP contribution < -0.4 is 20.1 Å². The van der Waals surface area contributed by atoms with E-state index in [2.05, 4.69) is 10.6 Å². The summed E-state index contributed by atoms with van der Waals surface area (Å²) in [4.78, 5) is 12.3. The topological polar surface area (TPSA) is 79.8 Å². The molecule has 1 amide bonds. The number of carbonyl (C=O) groups excluding carboxylic acids is 1. The lowest BCUT2D eigenvalue weighted by atomic mass is 9.83. The van der Waals surface area contributed by atoms with Crippen LogP contribution in [-0.2, 0) is 4.79 Å². The third kappa shape index (κ3) is 3.29. The van der Waals surface area contributed by atoms with Crippen LogP contribution in [0.2, 0.25) is 0 Å². The van der Waals surface area contributed by atoms with E-state index in [1.54, 1.807) is 20.3 Å². The number of rotatable bonds is 7. The molecule has 0 spiro atoms. The second-order valence-corrected chi connectivity index (χ2v) is 6.79. The van der Waals surface area contributed by atoms with Crippen molar-refractivity contribution in [3.63, 3.8) is 0 Å². The van der Waals surface area contributed by atoms with Crippen LogP contribution >= 0.6 is 0 Å². The zero-order chi connectivity index (χ0) is 17.2. The molecule has 6 nitrogen and oxygen atoms in total. The number of amides is 1. The summed E-state index contributed by atoms with van der Waals surface area (Å²) in [5.74, 6) is 1.85. The lowest BCUT2D eigenvalue weighted by molar-refractivity contribution is -0.145. The average molecular weight is 334 g/mol. The number of hydrogen-bond donors (Lipinski definition) is 3. The van der Waals surface area contributed by atoms with Crippen LogP contribution in [0.4, 0.5) is 5.69 Å². The van der Waals surface area contributed by atoms with Crippen molar-refractivity contribution in [2.45, 2.75) is 31.3 Å². The Morgan fingerprint density at radius 2 is 1.92 bits per heavy atom. The van der Waals surface area contributed by atoms with E-state index in [1.807, 2.05) is 12.1 Å². The lowest BCUT2D eigenvalue weighted by Gasteiger charge is -2.30. The minimum atomic E-state index is -1.15. The molecule has 24 heavy (non-hydrogen) atoms. The van der Waals surface area contributed by atoms with Gasteiger partial charge in [0.25, 0.3) is 5.91 Å². The Balaban J connectivity index is 1.48. The summed E-state index contributed by atoms with van der Waals surface area (Å²) in [6, 6.07) is 5.54. The second kappa shape index (κ2) is 6.89. The fourth-order valence-electron chi connectivity index (χ4n) is 4.02. The smallest absolute Gasteiger partial charge is 0.252 e. The van der Waals surface area contributed by atoms with E-state index < -0.39 is 5.60 Å². The molecule has 0 aromatic heterocycles. The van der Waals surface area contributed by atoms with Crippen molar-refractivity contribution in [2.24, 2.45) is 11.8 Å². The Morgan fingerprint density at radius 1 is 1.21 bits per heavy atom. The van der Waals surface area contributed by atoms with E-state index in [1.165, 1.54) is 0 Å². The highest BCUT2D eigenvalue weighted by molar-refractivity contribution is 5.86. The molecular formula is C18H26N2O4. The predicted molar refractivity (Wildman–Crippen MR) is 91.4 cm³/mol. The molecule has 1 aromatic rings. The van der Waals surface area contributed by atoms with Gasteiger partial charge in [-0.15, -0.1) is 0 Å². The summed E-state index contributed by atoms with van der Waals surface area (Å²) in [5.41, 5.74) is -0.290. The molecule has 3 unspecified atom stereocenters. The molecule has 2 aliphatic carbocycles. The molecule has 0 saturated heterocycles. The minimum absolute atomic E-state index is 0.137. The van der Waals surface area contributed by atoms with E-state index in [4.69, 9.17) is 9.47 Å². The molecule has 0 heterocycles. The highest BCUT2D eigenvalue weighted by atomic mass is 16.5. The predicted octanol–water partition coefficient (Wildman–Crippen LogP) is 1.78. The number of nitrogens with one attached hydrogen (secondary N) is 2. The number of ether oxygens (including phenoxy) is 2. The summed E-state index contributed by atoms with van der Waals surface area (Å²) in [6.45, 7) is 1.02. The van der Waals surface area contributed by atoms with Gasteiger partial charge < -0.3 is 25.2 Å². The first-order chi connectivity index (χ1) is 11.5. The molecule has 0 radical (unpaired) electrons. The van der Waals surface area contributed by atoms with Crippen LogP contribution in [0.3, 0.4) is 0 Å². The first kappa shape index (κ1) is 16.9. The van der Waals surface area contributed by atoms with Gasteiger partial charge in [0.05, 0.1) is 14.2 Å². The Labute approximate surface area is 142 Å². The molecule has 3 rings (SSSR count). The number of methoxy groups -OCH3 is 2. The van der Waals surface area contributed by atoms with Crippen molar-refractivity contribution < 1.29 is 19.4 Å². The average Bonchev–Trinajstić information content (AvgIpc) is 3.19. The van der Waals surface area contributed by atoms with Crippen molar-refractivity contribution in [1.29, 1.82) is 0 Å². The quantitative estimate of drug-likeness (QED) is 0.663. The molecule has 3 N–H and O–H groups in total. The van der Waals surface area contributed by atoms with Gasteiger partial charge in [-0.25, -0.2) is 0 Å². The van der Waals surface area contributed by atoms with Gasteiger partial charge in [0.1, 0.15) is 17.1 Å². The van der Waals surface area contributed by atoms with Crippen molar-refractivity contribution >= 4 is 11.6 Å². The van der Waals surface area contributed by atoms with Crippen LogP contribution in [0.5, 0.6) is 11.5 Å². The number of anilines is 1. The van der Waals surface area contributed by atoms with Crippen LogP contribution in [-0.4, -0.2) is 43.9 Å². The van der Waals surface area contributed by atoms with Gasteiger partial charge in [-0.05, 0) is 37.5 Å². The molecular weight excluding hydrogens is 308 g/mol. The van der Waals surface area contributed by atoms with Crippen molar-refractivity contribution in [2.75, 3.05) is 32.6 Å². The van der Waals surface area contributed by atoms with Crippen LogP contribution in [0, 0.1) is 11.8 Å². The molecule has 2 saturated carbocycles. The molecule has 6 heteroatoms. The summed E-state index contributed by atoms with van der Waals surface area (Å²) in [5, 5.41) is 16.7. The lowest BCUT2D eigenvalue weighted by Crippen LogP contribution is -2.51. The molecule has 3 atom stereocenters. The summed E-state index contributed by atoms with van der Waals surface area (Å²) >= 11 is 0. The zero-order valence-corrected chi connectivity index (χ0v) is 14.3. The first-order valence-corrected chi connectivity index (χ1v) is 8.53. The molecule has 2 aliphatic rings. The van der Waals surface area contributed by atoms with Gasteiger partial charge in [0, 0.05) is 37.0 Å². The number of benzene rings is 1. The van der Waals surface area contributed by atoms with E-state index in [-0.39, 0.29) is 11.8 Å². The number of carbonyl (C=O) groups is 1. The van der Waals surface area contributed by atoms with E-state index >= 15 is 0 Å². The highest BCUT2D eigenvalue weighted by Gasteiger charge is 2.54. The SMILES string of the molecule is COc1cc(NCCNC(=O)C2(O)CC3CCC2C3)cc(OC)c1. The second-order valence-electron chi connectivity index (χ2n) is 6.79. The Morgan fingerprint density at radius 3 is 2.46 bits per heavy atom. The van der Waals surface area contributed by atoms with Crippen LogP contribution in [0.25, 0.3) is 0 Å². The van der Waals surface area contributed by atoms with Gasteiger partial charge in [-0.1, -0.05) is 0 Å². The van der Waals surface area contributed by atoms with Gasteiger partial charge in [0.15, 0.2) is 0 Å².